The Morgan fingerprint density at radius 2 is 1.44 bits per heavy atom. The van der Waals surface area contributed by atoms with Gasteiger partial charge < -0.3 is 4.90 Å². The number of nitrogens with zero attached hydrogens (tertiary/aromatic N) is 4. The first-order valence-corrected chi connectivity index (χ1v) is 10.1. The Labute approximate surface area is 162 Å². The van der Waals surface area contributed by atoms with E-state index in [-0.39, 0.29) is 0 Å². The van der Waals surface area contributed by atoms with E-state index in [0.717, 1.165) is 56.0 Å². The second kappa shape index (κ2) is 9.36. The summed E-state index contributed by atoms with van der Waals surface area (Å²) in [6, 6.07) is 19.2. The molecule has 0 N–H and O–H groups in total. The van der Waals surface area contributed by atoms with Gasteiger partial charge in [-0.1, -0.05) is 68.4 Å². The van der Waals surface area contributed by atoms with Crippen LogP contribution >= 0.6 is 0 Å². The molecule has 0 unspecified atom stereocenters. The molecule has 4 nitrogen and oxygen atoms in total. The van der Waals surface area contributed by atoms with Gasteiger partial charge in [-0.15, -0.1) is 5.10 Å². The summed E-state index contributed by atoms with van der Waals surface area (Å²) in [6.45, 7) is 8.66. The van der Waals surface area contributed by atoms with Crippen molar-refractivity contribution in [1.82, 2.24) is 15.0 Å². The average Bonchev–Trinajstić information content (AvgIpc) is 3.12. The molecule has 4 heteroatoms. The van der Waals surface area contributed by atoms with Crippen LogP contribution in [0.15, 0.2) is 54.6 Å². The van der Waals surface area contributed by atoms with Gasteiger partial charge in [0.15, 0.2) is 5.82 Å². The molecular formula is C23H30N4. The fourth-order valence-electron chi connectivity index (χ4n) is 3.43. The summed E-state index contributed by atoms with van der Waals surface area (Å²) >= 11 is 0. The highest BCUT2D eigenvalue weighted by Crippen LogP contribution is 2.25. The molecule has 3 rings (SSSR count). The number of aromatic nitrogens is 3. The lowest BCUT2D eigenvalue weighted by Crippen LogP contribution is -2.28. The molecule has 0 aliphatic heterocycles. The van der Waals surface area contributed by atoms with Crippen molar-refractivity contribution in [2.24, 2.45) is 0 Å². The van der Waals surface area contributed by atoms with Crippen LogP contribution in [0.4, 0.5) is 5.82 Å². The number of anilines is 1. The van der Waals surface area contributed by atoms with Crippen molar-refractivity contribution in [3.8, 4) is 5.69 Å². The van der Waals surface area contributed by atoms with Gasteiger partial charge in [0, 0.05) is 19.5 Å². The Balaban J connectivity index is 2.00. The quantitative estimate of drug-likeness (QED) is 0.534. The second-order valence-electron chi connectivity index (χ2n) is 6.94. The standard InChI is InChI=1S/C23H30N4/c1-4-16-26(17-5-2)23-22(18-20-14-12-19(6-3)13-15-20)24-25-27(23)21-10-8-7-9-11-21/h7-15H,4-6,16-18H2,1-3H3. The first kappa shape index (κ1) is 19.2. The Kier molecular flexibility index (Phi) is 6.64. The molecule has 0 amide bonds. The van der Waals surface area contributed by atoms with Crippen LogP contribution in [0.3, 0.4) is 0 Å². The maximum atomic E-state index is 4.59. The van der Waals surface area contributed by atoms with E-state index in [9.17, 15) is 0 Å². The molecule has 0 aliphatic carbocycles. The van der Waals surface area contributed by atoms with Crippen molar-refractivity contribution in [2.45, 2.75) is 46.5 Å². The smallest absolute Gasteiger partial charge is 0.156 e. The largest absolute Gasteiger partial charge is 0.355 e. The molecule has 3 aromatic rings. The molecule has 0 spiro atoms. The summed E-state index contributed by atoms with van der Waals surface area (Å²) in [5.74, 6) is 1.13. The van der Waals surface area contributed by atoms with Gasteiger partial charge in [0.25, 0.3) is 0 Å². The molecule has 0 saturated carbocycles. The molecule has 0 aliphatic rings. The second-order valence-corrected chi connectivity index (χ2v) is 6.94. The topological polar surface area (TPSA) is 34.0 Å². The zero-order valence-electron chi connectivity index (χ0n) is 16.7. The van der Waals surface area contributed by atoms with Crippen molar-refractivity contribution in [2.75, 3.05) is 18.0 Å². The molecule has 1 heterocycles. The lowest BCUT2D eigenvalue weighted by molar-refractivity contribution is 0.704. The van der Waals surface area contributed by atoms with Gasteiger partial charge in [-0.2, -0.15) is 4.68 Å². The van der Waals surface area contributed by atoms with Crippen LogP contribution in [0.5, 0.6) is 0 Å². The first-order valence-electron chi connectivity index (χ1n) is 10.1. The minimum atomic E-state index is 0.802. The van der Waals surface area contributed by atoms with Crippen LogP contribution < -0.4 is 4.90 Å². The summed E-state index contributed by atoms with van der Waals surface area (Å²) in [5.41, 5.74) is 4.75. The van der Waals surface area contributed by atoms with Gasteiger partial charge in [-0.05, 0) is 42.5 Å². The van der Waals surface area contributed by atoms with E-state index in [1.165, 1.54) is 11.1 Å². The van der Waals surface area contributed by atoms with Crippen molar-refractivity contribution < 1.29 is 0 Å². The number of aryl methyl sites for hydroxylation is 1. The predicted molar refractivity (Wildman–Crippen MR) is 113 cm³/mol. The monoisotopic (exact) mass is 362 g/mol. The minimum Gasteiger partial charge on any atom is -0.355 e. The lowest BCUT2D eigenvalue weighted by atomic mass is 10.1. The highest BCUT2D eigenvalue weighted by Gasteiger charge is 2.20. The van der Waals surface area contributed by atoms with Gasteiger partial charge in [-0.25, -0.2) is 0 Å². The van der Waals surface area contributed by atoms with E-state index in [1.807, 2.05) is 22.9 Å². The highest BCUT2D eigenvalue weighted by molar-refractivity contribution is 5.51. The van der Waals surface area contributed by atoms with Crippen molar-refractivity contribution in [1.29, 1.82) is 0 Å². The Bertz CT molecular complexity index is 815. The maximum Gasteiger partial charge on any atom is 0.156 e. The number of rotatable bonds is 9. The van der Waals surface area contributed by atoms with Crippen LogP contribution in [-0.4, -0.2) is 28.1 Å². The summed E-state index contributed by atoms with van der Waals surface area (Å²) in [5, 5.41) is 9.11. The molecule has 0 atom stereocenters. The number of hydrogen-bond donors (Lipinski definition) is 0. The third-order valence-corrected chi connectivity index (χ3v) is 4.80. The van der Waals surface area contributed by atoms with Gasteiger partial charge in [0.1, 0.15) is 5.69 Å². The molecule has 142 valence electrons. The van der Waals surface area contributed by atoms with Gasteiger partial charge >= 0.3 is 0 Å². The van der Waals surface area contributed by atoms with E-state index in [2.05, 4.69) is 72.4 Å². The van der Waals surface area contributed by atoms with Crippen LogP contribution in [0.2, 0.25) is 0 Å². The van der Waals surface area contributed by atoms with E-state index in [0.29, 0.717) is 0 Å². The van der Waals surface area contributed by atoms with E-state index in [4.69, 9.17) is 0 Å². The number of hydrogen-bond acceptors (Lipinski definition) is 3. The van der Waals surface area contributed by atoms with Crippen molar-refractivity contribution in [3.05, 3.63) is 71.4 Å². The van der Waals surface area contributed by atoms with Gasteiger partial charge in [0.05, 0.1) is 5.69 Å². The number of benzene rings is 2. The Morgan fingerprint density at radius 3 is 2.04 bits per heavy atom. The lowest BCUT2D eigenvalue weighted by Gasteiger charge is -2.25. The Morgan fingerprint density at radius 1 is 0.815 bits per heavy atom. The molecule has 0 saturated heterocycles. The van der Waals surface area contributed by atoms with Gasteiger partial charge in [-0.3, -0.25) is 0 Å². The Hall–Kier alpha value is -2.62. The summed E-state index contributed by atoms with van der Waals surface area (Å²) in [4.78, 5) is 2.43. The minimum absolute atomic E-state index is 0.802. The van der Waals surface area contributed by atoms with E-state index in [1.54, 1.807) is 0 Å². The SMILES string of the molecule is CCCN(CCC)c1c(Cc2ccc(CC)cc2)nnn1-c1ccccc1. The predicted octanol–water partition coefficient (Wildman–Crippen LogP) is 5.05. The molecule has 1 aromatic heterocycles. The van der Waals surface area contributed by atoms with Crippen molar-refractivity contribution >= 4 is 5.82 Å². The first-order chi connectivity index (χ1) is 13.3. The third-order valence-electron chi connectivity index (χ3n) is 4.80. The van der Waals surface area contributed by atoms with E-state index < -0.39 is 0 Å². The zero-order chi connectivity index (χ0) is 19.1. The normalized spacial score (nSPS) is 10.9. The fourth-order valence-corrected chi connectivity index (χ4v) is 3.43. The van der Waals surface area contributed by atoms with Gasteiger partial charge in [0.2, 0.25) is 0 Å². The third kappa shape index (κ3) is 4.57. The van der Waals surface area contributed by atoms with E-state index >= 15 is 0 Å². The molecule has 0 fully saturated rings. The number of para-hydroxylation sites is 1. The highest BCUT2D eigenvalue weighted by atomic mass is 15.5. The van der Waals surface area contributed by atoms with Crippen LogP contribution in [0, 0.1) is 0 Å². The van der Waals surface area contributed by atoms with Crippen molar-refractivity contribution in [3.63, 3.8) is 0 Å². The molecule has 0 radical (unpaired) electrons. The average molecular weight is 363 g/mol. The molecule has 0 bridgehead atoms. The fraction of sp³-hybridized carbons (Fsp3) is 0.391. The molecule has 27 heavy (non-hydrogen) atoms. The van der Waals surface area contributed by atoms with Crippen LogP contribution in [-0.2, 0) is 12.8 Å². The van der Waals surface area contributed by atoms with Crippen LogP contribution in [0.1, 0.15) is 50.4 Å². The maximum absolute atomic E-state index is 4.59. The summed E-state index contributed by atoms with van der Waals surface area (Å²) in [6.07, 6.45) is 4.07. The zero-order valence-corrected chi connectivity index (χ0v) is 16.7. The van der Waals surface area contributed by atoms with Crippen LogP contribution in [0.25, 0.3) is 5.69 Å². The molecular weight excluding hydrogens is 332 g/mol. The summed E-state index contributed by atoms with van der Waals surface area (Å²) in [7, 11) is 0. The summed E-state index contributed by atoms with van der Waals surface area (Å²) < 4.78 is 2.00. The molecule has 2 aromatic carbocycles.